The fraction of sp³-hybridized carbons (Fsp3) is 0.440. The molecule has 2 aromatic rings. The average molecular weight is 486 g/mol. The Labute approximate surface area is 200 Å². The van der Waals surface area contributed by atoms with E-state index in [2.05, 4.69) is 42.3 Å². The third-order valence-electron chi connectivity index (χ3n) is 6.53. The SMILES string of the molecule is Cc1ccc(N2CCN(C(=O)CC(C)S(=O)(=O)c3cc4c(cc3C)NC(=O)CO4)CC2)c(C)c1. The van der Waals surface area contributed by atoms with Gasteiger partial charge in [0.2, 0.25) is 5.91 Å². The molecule has 0 aromatic heterocycles. The number of carbonyl (C=O) groups excluding carboxylic acids is 2. The zero-order chi connectivity index (χ0) is 24.6. The van der Waals surface area contributed by atoms with Crippen molar-refractivity contribution in [3.63, 3.8) is 0 Å². The second-order valence-corrected chi connectivity index (χ2v) is 11.5. The lowest BCUT2D eigenvalue weighted by molar-refractivity contribution is -0.131. The Morgan fingerprint density at radius 2 is 1.76 bits per heavy atom. The maximum atomic E-state index is 13.3. The van der Waals surface area contributed by atoms with Gasteiger partial charge in [0.25, 0.3) is 5.91 Å². The van der Waals surface area contributed by atoms with Gasteiger partial charge in [-0.15, -0.1) is 0 Å². The van der Waals surface area contributed by atoms with Gasteiger partial charge >= 0.3 is 0 Å². The molecule has 0 aliphatic carbocycles. The molecule has 9 heteroatoms. The molecule has 1 N–H and O–H groups in total. The van der Waals surface area contributed by atoms with Crippen molar-refractivity contribution in [3.8, 4) is 5.75 Å². The maximum Gasteiger partial charge on any atom is 0.262 e. The molecule has 1 unspecified atom stereocenters. The zero-order valence-corrected chi connectivity index (χ0v) is 20.9. The van der Waals surface area contributed by atoms with Crippen LogP contribution in [0.2, 0.25) is 0 Å². The van der Waals surface area contributed by atoms with Crippen molar-refractivity contribution in [2.75, 3.05) is 43.0 Å². The molecule has 182 valence electrons. The van der Waals surface area contributed by atoms with Crippen LogP contribution in [0.4, 0.5) is 11.4 Å². The smallest absolute Gasteiger partial charge is 0.262 e. The fourth-order valence-corrected chi connectivity index (χ4v) is 6.16. The summed E-state index contributed by atoms with van der Waals surface area (Å²) in [6, 6.07) is 9.41. The van der Waals surface area contributed by atoms with E-state index < -0.39 is 15.1 Å². The van der Waals surface area contributed by atoms with Gasteiger partial charge in [0.15, 0.2) is 16.4 Å². The number of hydrogen-bond donors (Lipinski definition) is 1. The first kappa shape index (κ1) is 24.1. The molecule has 2 amide bonds. The molecule has 1 saturated heterocycles. The van der Waals surface area contributed by atoms with Crippen LogP contribution < -0.4 is 15.0 Å². The first-order valence-corrected chi connectivity index (χ1v) is 13.0. The summed E-state index contributed by atoms with van der Waals surface area (Å²) in [5.74, 6) is -0.112. The molecule has 34 heavy (non-hydrogen) atoms. The second kappa shape index (κ2) is 9.29. The summed E-state index contributed by atoms with van der Waals surface area (Å²) < 4.78 is 32.0. The summed E-state index contributed by atoms with van der Waals surface area (Å²) in [6.45, 7) is 9.79. The summed E-state index contributed by atoms with van der Waals surface area (Å²) >= 11 is 0. The number of aryl methyl sites for hydroxylation is 3. The number of nitrogens with one attached hydrogen (secondary N) is 1. The third-order valence-corrected chi connectivity index (χ3v) is 8.81. The van der Waals surface area contributed by atoms with E-state index in [4.69, 9.17) is 4.74 Å². The molecule has 0 bridgehead atoms. The summed E-state index contributed by atoms with van der Waals surface area (Å²) in [4.78, 5) is 28.6. The number of nitrogens with zero attached hydrogens (tertiary/aromatic N) is 2. The summed E-state index contributed by atoms with van der Waals surface area (Å²) in [6.07, 6.45) is -0.0833. The van der Waals surface area contributed by atoms with Crippen LogP contribution in [0.1, 0.15) is 30.0 Å². The van der Waals surface area contributed by atoms with Crippen LogP contribution in [-0.4, -0.2) is 63.2 Å². The number of fused-ring (bicyclic) bond motifs is 1. The van der Waals surface area contributed by atoms with Crippen molar-refractivity contribution in [2.45, 2.75) is 44.3 Å². The third kappa shape index (κ3) is 4.75. The molecule has 0 spiro atoms. The Hall–Kier alpha value is -3.07. The summed E-state index contributed by atoms with van der Waals surface area (Å²) in [7, 11) is -3.76. The number of hydrogen-bond acceptors (Lipinski definition) is 6. The lowest BCUT2D eigenvalue weighted by Crippen LogP contribution is -2.49. The highest BCUT2D eigenvalue weighted by molar-refractivity contribution is 7.92. The standard InChI is InChI=1S/C25H31N3O5S/c1-16-5-6-21(17(2)11-16)27-7-9-28(10-8-27)25(30)13-19(4)34(31,32)23-14-22-20(12-18(23)3)26-24(29)15-33-22/h5-6,11-12,14,19H,7-10,13,15H2,1-4H3,(H,26,29). The van der Waals surface area contributed by atoms with Crippen molar-refractivity contribution in [1.82, 2.24) is 4.90 Å². The summed E-state index contributed by atoms with van der Waals surface area (Å²) in [5.41, 5.74) is 4.57. The van der Waals surface area contributed by atoms with Crippen LogP contribution in [0.5, 0.6) is 5.75 Å². The maximum absolute atomic E-state index is 13.3. The molecule has 0 radical (unpaired) electrons. The van der Waals surface area contributed by atoms with Crippen molar-refractivity contribution < 1.29 is 22.7 Å². The number of ether oxygens (including phenoxy) is 1. The highest BCUT2D eigenvalue weighted by atomic mass is 32.2. The molecular weight excluding hydrogens is 454 g/mol. The van der Waals surface area contributed by atoms with Crippen molar-refractivity contribution >= 4 is 33.0 Å². The van der Waals surface area contributed by atoms with Gasteiger partial charge in [0.1, 0.15) is 5.75 Å². The summed E-state index contributed by atoms with van der Waals surface area (Å²) in [5, 5.41) is 1.80. The van der Waals surface area contributed by atoms with Crippen LogP contribution >= 0.6 is 0 Å². The van der Waals surface area contributed by atoms with Crippen molar-refractivity contribution in [3.05, 3.63) is 47.0 Å². The first-order valence-electron chi connectivity index (χ1n) is 11.5. The topological polar surface area (TPSA) is 96.0 Å². The highest BCUT2D eigenvalue weighted by Gasteiger charge is 2.32. The lowest BCUT2D eigenvalue weighted by atomic mass is 10.1. The van der Waals surface area contributed by atoms with Crippen molar-refractivity contribution in [2.24, 2.45) is 0 Å². The molecule has 2 heterocycles. The molecule has 2 aliphatic heterocycles. The number of anilines is 2. The van der Waals surface area contributed by atoms with Crippen molar-refractivity contribution in [1.29, 1.82) is 0 Å². The fourth-order valence-electron chi connectivity index (χ4n) is 4.58. The minimum absolute atomic E-state index is 0.0833. The van der Waals surface area contributed by atoms with Crippen LogP contribution in [0.25, 0.3) is 0 Å². The number of amides is 2. The van der Waals surface area contributed by atoms with Gasteiger partial charge in [0, 0.05) is 44.4 Å². The molecule has 4 rings (SSSR count). The van der Waals surface area contributed by atoms with E-state index in [-0.39, 0.29) is 29.7 Å². The van der Waals surface area contributed by atoms with E-state index in [0.29, 0.717) is 43.2 Å². The van der Waals surface area contributed by atoms with E-state index in [1.807, 2.05) is 0 Å². The van der Waals surface area contributed by atoms with Gasteiger partial charge in [0.05, 0.1) is 15.8 Å². The van der Waals surface area contributed by atoms with Gasteiger partial charge < -0.3 is 19.9 Å². The monoisotopic (exact) mass is 485 g/mol. The van der Waals surface area contributed by atoms with Crippen LogP contribution in [-0.2, 0) is 19.4 Å². The Balaban J connectivity index is 1.41. The largest absolute Gasteiger partial charge is 0.482 e. The van der Waals surface area contributed by atoms with Crippen LogP contribution in [0.15, 0.2) is 35.2 Å². The minimum Gasteiger partial charge on any atom is -0.482 e. The van der Waals surface area contributed by atoms with E-state index in [1.54, 1.807) is 24.8 Å². The minimum atomic E-state index is -3.76. The molecule has 1 atom stereocenters. The van der Waals surface area contributed by atoms with Crippen LogP contribution in [0, 0.1) is 20.8 Å². The highest BCUT2D eigenvalue weighted by Crippen LogP contribution is 2.34. The first-order chi connectivity index (χ1) is 16.1. The molecule has 2 aliphatic rings. The molecular formula is C25H31N3O5S. The number of rotatable bonds is 5. The van der Waals surface area contributed by atoms with Gasteiger partial charge in [-0.25, -0.2) is 8.42 Å². The predicted octanol–water partition coefficient (Wildman–Crippen LogP) is 2.84. The Morgan fingerprint density at radius 1 is 1.06 bits per heavy atom. The molecule has 8 nitrogen and oxygen atoms in total. The Kier molecular flexibility index (Phi) is 6.58. The zero-order valence-electron chi connectivity index (χ0n) is 20.1. The molecule has 0 saturated carbocycles. The predicted molar refractivity (Wildman–Crippen MR) is 131 cm³/mol. The molecule has 2 aromatic carbocycles. The van der Waals surface area contributed by atoms with Gasteiger partial charge in [-0.1, -0.05) is 17.7 Å². The Bertz CT molecular complexity index is 1230. The van der Waals surface area contributed by atoms with E-state index in [0.717, 1.165) is 0 Å². The lowest BCUT2D eigenvalue weighted by Gasteiger charge is -2.37. The molecule has 1 fully saturated rings. The Morgan fingerprint density at radius 3 is 2.44 bits per heavy atom. The van der Waals surface area contributed by atoms with Crippen LogP contribution in [0.3, 0.4) is 0 Å². The normalized spacial score (nSPS) is 17.0. The number of piperazine rings is 1. The number of benzene rings is 2. The quantitative estimate of drug-likeness (QED) is 0.700. The number of carbonyl (C=O) groups is 2. The second-order valence-electron chi connectivity index (χ2n) is 9.17. The van der Waals surface area contributed by atoms with E-state index >= 15 is 0 Å². The van der Waals surface area contributed by atoms with E-state index in [9.17, 15) is 18.0 Å². The van der Waals surface area contributed by atoms with Gasteiger partial charge in [-0.2, -0.15) is 0 Å². The van der Waals surface area contributed by atoms with Gasteiger partial charge in [-0.05, 0) is 51.0 Å². The van der Waals surface area contributed by atoms with Gasteiger partial charge in [-0.3, -0.25) is 9.59 Å². The van der Waals surface area contributed by atoms with E-state index in [1.165, 1.54) is 22.9 Å². The number of sulfone groups is 1. The average Bonchev–Trinajstić information content (AvgIpc) is 2.78.